The molecule has 0 spiro atoms. The molecule has 4 saturated carbocycles. The van der Waals surface area contributed by atoms with E-state index >= 15 is 0 Å². The van der Waals surface area contributed by atoms with E-state index in [4.69, 9.17) is 5.84 Å². The van der Waals surface area contributed by atoms with Crippen LogP contribution in [0.4, 0.5) is 0 Å². The molecule has 4 aliphatic carbocycles. The van der Waals surface area contributed by atoms with Gasteiger partial charge in [-0.15, -0.1) is 0 Å². The zero-order valence-electron chi connectivity index (χ0n) is 22.3. The normalized spacial score (nSPS) is 44.1. The van der Waals surface area contributed by atoms with Gasteiger partial charge in [-0.25, -0.2) is 0 Å². The van der Waals surface area contributed by atoms with E-state index in [1.807, 2.05) is 6.92 Å². The zero-order valence-corrected chi connectivity index (χ0v) is 22.3. The number of rotatable bonds is 8. The second-order valence-corrected chi connectivity index (χ2v) is 13.2. The third kappa shape index (κ3) is 4.81. The van der Waals surface area contributed by atoms with Crippen LogP contribution in [-0.4, -0.2) is 18.8 Å². The van der Waals surface area contributed by atoms with E-state index < -0.39 is 0 Å². The minimum Gasteiger partial charge on any atom is -0.310 e. The fourth-order valence-electron chi connectivity index (χ4n) is 9.69. The minimum absolute atomic E-state index is 0.426. The number of fused-ring (bicyclic) bond motifs is 5. The summed E-state index contributed by atoms with van der Waals surface area (Å²) in [4.78, 5) is 0. The van der Waals surface area contributed by atoms with Gasteiger partial charge in [-0.05, 0) is 117 Å². The van der Waals surface area contributed by atoms with Gasteiger partial charge in [0.2, 0.25) is 0 Å². The molecule has 9 atom stereocenters. The molecule has 188 valence electrons. The number of hydrogen-bond donors (Lipinski definition) is 3. The van der Waals surface area contributed by atoms with Crippen molar-refractivity contribution in [3.8, 4) is 0 Å². The number of nitrogens with one attached hydrogen (secondary N) is 2. The molecule has 0 radical (unpaired) electrons. The third-order valence-electron chi connectivity index (χ3n) is 10.9. The first-order chi connectivity index (χ1) is 15.7. The van der Waals surface area contributed by atoms with Gasteiger partial charge in [-0.3, -0.25) is 11.3 Å². The van der Waals surface area contributed by atoms with Crippen LogP contribution in [0.3, 0.4) is 0 Å². The fraction of sp³-hybridized carbons (Fsp3) is 0.897. The molecule has 4 aliphatic rings. The monoisotopic (exact) mass is 456 g/mol. The van der Waals surface area contributed by atoms with Crippen LogP contribution in [0.1, 0.15) is 98.8 Å². The van der Waals surface area contributed by atoms with Crippen molar-refractivity contribution in [3.05, 3.63) is 12.2 Å². The number of nitrogens with zero attached hydrogens (tertiary/aromatic N) is 1. The Morgan fingerprint density at radius 3 is 2.64 bits per heavy atom. The standard InChI is InChI=1S/C29H52N4/c1-7-12-28(5)13-10-23-22(16-28)8-9-25-24(23)11-14-29(6)26(25)15-19(2)27(29)20(3)17-32-33-21(4)18-31-30/h20,22-27,31-32H,2,7-18,30H2,1,3-6H3/b33-21-/t20?,22?,23?,24?,25?,26?,27?,28-,29?/m0/s1. The summed E-state index contributed by atoms with van der Waals surface area (Å²) >= 11 is 0. The van der Waals surface area contributed by atoms with E-state index in [-0.39, 0.29) is 0 Å². The Morgan fingerprint density at radius 1 is 1.15 bits per heavy atom. The van der Waals surface area contributed by atoms with Gasteiger partial charge < -0.3 is 5.43 Å². The molecule has 4 fully saturated rings. The van der Waals surface area contributed by atoms with Crippen molar-refractivity contribution in [3.63, 3.8) is 0 Å². The first-order valence-electron chi connectivity index (χ1n) is 14.1. The SMILES string of the molecule is C=C1CC2C3CCC4C[C@@](C)(CCC)CCC4C3CCC2(C)C1C(C)CN/N=C(/C)CNN. The average Bonchev–Trinajstić information content (AvgIpc) is 3.03. The van der Waals surface area contributed by atoms with E-state index in [2.05, 4.69) is 50.2 Å². The summed E-state index contributed by atoms with van der Waals surface area (Å²) in [6.45, 7) is 18.2. The molecule has 0 aromatic heterocycles. The predicted molar refractivity (Wildman–Crippen MR) is 141 cm³/mol. The highest BCUT2D eigenvalue weighted by molar-refractivity contribution is 5.83. The molecule has 4 nitrogen and oxygen atoms in total. The van der Waals surface area contributed by atoms with Crippen molar-refractivity contribution in [2.45, 2.75) is 98.8 Å². The average molecular weight is 457 g/mol. The van der Waals surface area contributed by atoms with Crippen molar-refractivity contribution in [1.29, 1.82) is 0 Å². The van der Waals surface area contributed by atoms with E-state index in [0.717, 1.165) is 41.8 Å². The Kier molecular flexibility index (Phi) is 7.65. The Hall–Kier alpha value is -0.870. The van der Waals surface area contributed by atoms with Crippen LogP contribution in [0.15, 0.2) is 17.3 Å². The summed E-state index contributed by atoms with van der Waals surface area (Å²) in [5.74, 6) is 11.4. The maximum Gasteiger partial charge on any atom is 0.0499 e. The van der Waals surface area contributed by atoms with Crippen LogP contribution in [0.2, 0.25) is 0 Å². The molecule has 0 saturated heterocycles. The van der Waals surface area contributed by atoms with E-state index in [9.17, 15) is 0 Å². The summed E-state index contributed by atoms with van der Waals surface area (Å²) in [6.07, 6.45) is 14.4. The summed E-state index contributed by atoms with van der Waals surface area (Å²) in [6, 6.07) is 0. The minimum atomic E-state index is 0.426. The van der Waals surface area contributed by atoms with Gasteiger partial charge in [0.05, 0.1) is 0 Å². The second-order valence-electron chi connectivity index (χ2n) is 13.2. The van der Waals surface area contributed by atoms with Gasteiger partial charge in [0.1, 0.15) is 0 Å². The lowest BCUT2D eigenvalue weighted by molar-refractivity contribution is -0.0828. The Balaban J connectivity index is 1.43. The molecule has 0 heterocycles. The molecule has 8 unspecified atom stereocenters. The molecule has 33 heavy (non-hydrogen) atoms. The number of hydrogen-bond acceptors (Lipinski definition) is 4. The molecular formula is C29H52N4. The van der Waals surface area contributed by atoms with Crippen LogP contribution in [0.5, 0.6) is 0 Å². The summed E-state index contributed by atoms with van der Waals surface area (Å²) in [7, 11) is 0. The lowest BCUT2D eigenvalue weighted by Crippen LogP contribution is -2.50. The lowest BCUT2D eigenvalue weighted by Gasteiger charge is -2.58. The van der Waals surface area contributed by atoms with Crippen LogP contribution in [-0.2, 0) is 0 Å². The van der Waals surface area contributed by atoms with Crippen LogP contribution < -0.4 is 16.7 Å². The van der Waals surface area contributed by atoms with Crippen LogP contribution in [0.25, 0.3) is 0 Å². The first kappa shape index (κ1) is 25.2. The number of hydrazine groups is 1. The van der Waals surface area contributed by atoms with E-state index in [1.165, 1.54) is 69.8 Å². The van der Waals surface area contributed by atoms with Gasteiger partial charge >= 0.3 is 0 Å². The maximum atomic E-state index is 5.42. The van der Waals surface area contributed by atoms with Gasteiger partial charge in [0.15, 0.2) is 0 Å². The summed E-state index contributed by atoms with van der Waals surface area (Å²) < 4.78 is 0. The quantitative estimate of drug-likeness (QED) is 0.174. The summed E-state index contributed by atoms with van der Waals surface area (Å²) in [5.41, 5.74) is 9.61. The van der Waals surface area contributed by atoms with Gasteiger partial charge in [0, 0.05) is 18.8 Å². The molecule has 0 aromatic carbocycles. The molecule has 0 aliphatic heterocycles. The molecule has 0 amide bonds. The molecule has 0 bridgehead atoms. The topological polar surface area (TPSA) is 62.4 Å². The van der Waals surface area contributed by atoms with Crippen molar-refractivity contribution < 1.29 is 0 Å². The van der Waals surface area contributed by atoms with Gasteiger partial charge in [-0.2, -0.15) is 5.10 Å². The molecule has 4 heteroatoms. The van der Waals surface area contributed by atoms with Crippen molar-refractivity contribution in [1.82, 2.24) is 10.9 Å². The highest BCUT2D eigenvalue weighted by Crippen LogP contribution is 2.67. The summed E-state index contributed by atoms with van der Waals surface area (Å²) in [5, 5.41) is 4.51. The number of allylic oxidation sites excluding steroid dienone is 1. The third-order valence-corrected chi connectivity index (χ3v) is 10.9. The fourth-order valence-corrected chi connectivity index (χ4v) is 9.69. The largest absolute Gasteiger partial charge is 0.310 e. The molecule has 0 aromatic rings. The van der Waals surface area contributed by atoms with Gasteiger partial charge in [-0.1, -0.05) is 46.3 Å². The van der Waals surface area contributed by atoms with Crippen LogP contribution >= 0.6 is 0 Å². The van der Waals surface area contributed by atoms with Gasteiger partial charge in [0.25, 0.3) is 0 Å². The van der Waals surface area contributed by atoms with Crippen LogP contribution in [0, 0.1) is 52.3 Å². The number of hydrazone groups is 1. The van der Waals surface area contributed by atoms with E-state index in [0.29, 0.717) is 29.2 Å². The Bertz CT molecular complexity index is 731. The maximum absolute atomic E-state index is 5.42. The molecule has 4 rings (SSSR count). The van der Waals surface area contributed by atoms with Crippen molar-refractivity contribution in [2.24, 2.45) is 63.2 Å². The van der Waals surface area contributed by atoms with Crippen molar-refractivity contribution >= 4 is 5.71 Å². The highest BCUT2D eigenvalue weighted by atomic mass is 15.3. The van der Waals surface area contributed by atoms with Crippen molar-refractivity contribution in [2.75, 3.05) is 13.1 Å². The zero-order chi connectivity index (χ0) is 23.8. The Labute approximate surface area is 204 Å². The number of nitrogens with two attached hydrogens (primary N) is 1. The predicted octanol–water partition coefficient (Wildman–Crippen LogP) is 6.29. The molecule has 4 N–H and O–H groups in total. The smallest absolute Gasteiger partial charge is 0.0499 e. The van der Waals surface area contributed by atoms with E-state index in [1.54, 1.807) is 0 Å². The highest BCUT2D eigenvalue weighted by Gasteiger charge is 2.59. The Morgan fingerprint density at radius 2 is 1.91 bits per heavy atom. The molecular weight excluding hydrogens is 404 g/mol. The lowest BCUT2D eigenvalue weighted by atomic mass is 9.47. The first-order valence-corrected chi connectivity index (χ1v) is 14.1. The second kappa shape index (κ2) is 10.0.